The van der Waals surface area contributed by atoms with Crippen molar-refractivity contribution < 1.29 is 27.5 Å². The van der Waals surface area contributed by atoms with Gasteiger partial charge in [-0.25, -0.2) is 13.2 Å². The summed E-state index contributed by atoms with van der Waals surface area (Å²) in [5, 5.41) is 3.78. The van der Waals surface area contributed by atoms with Gasteiger partial charge in [0.1, 0.15) is 0 Å². The minimum Gasteiger partial charge on any atom is -0.452 e. The van der Waals surface area contributed by atoms with Crippen LogP contribution in [0.5, 0.6) is 0 Å². The van der Waals surface area contributed by atoms with Crippen molar-refractivity contribution in [3.8, 4) is 12.3 Å². The molecule has 0 aliphatic heterocycles. The van der Waals surface area contributed by atoms with E-state index in [9.17, 15) is 22.8 Å². The molecule has 2 rings (SSSR count). The van der Waals surface area contributed by atoms with Gasteiger partial charge < -0.3 is 4.74 Å². The molecular weight excluding hydrogens is 392 g/mol. The Bertz CT molecular complexity index is 973. The smallest absolute Gasteiger partial charge is 0.338 e. The maximum absolute atomic E-state index is 11.9. The van der Waals surface area contributed by atoms with Crippen molar-refractivity contribution in [3.63, 3.8) is 0 Å². The van der Waals surface area contributed by atoms with Gasteiger partial charge in [0.2, 0.25) is 10.0 Å². The third-order valence-corrected chi connectivity index (χ3v) is 5.38. The first-order valence-electron chi connectivity index (χ1n) is 7.41. The highest BCUT2D eigenvalue weighted by molar-refractivity contribution is 7.89. The number of terminal acetylenes is 1. The van der Waals surface area contributed by atoms with Gasteiger partial charge in [-0.2, -0.15) is 4.72 Å². The van der Waals surface area contributed by atoms with Gasteiger partial charge in [-0.15, -0.1) is 17.8 Å². The monoisotopic (exact) mass is 406 g/mol. The molecule has 0 aliphatic rings. The molecule has 1 heterocycles. The van der Waals surface area contributed by atoms with E-state index in [4.69, 9.17) is 11.2 Å². The minimum atomic E-state index is -3.77. The van der Waals surface area contributed by atoms with E-state index in [1.54, 1.807) is 17.5 Å². The fraction of sp³-hybridized carbons (Fsp3) is 0.118. The molecule has 140 valence electrons. The van der Waals surface area contributed by atoms with Gasteiger partial charge in [-0.05, 0) is 35.7 Å². The molecule has 1 aromatic heterocycles. The lowest BCUT2D eigenvalue weighted by Crippen LogP contribution is -2.33. The van der Waals surface area contributed by atoms with E-state index in [1.807, 2.05) is 0 Å². The van der Waals surface area contributed by atoms with E-state index in [2.05, 4.69) is 16.0 Å². The predicted molar refractivity (Wildman–Crippen MR) is 97.5 cm³/mol. The molecule has 10 heteroatoms. The minimum absolute atomic E-state index is 0.0447. The summed E-state index contributed by atoms with van der Waals surface area (Å²) in [5.41, 5.74) is 0.0447. The van der Waals surface area contributed by atoms with E-state index >= 15 is 0 Å². The molecule has 2 N–H and O–H groups in total. The molecule has 0 atom stereocenters. The largest absolute Gasteiger partial charge is 0.452 e. The first-order chi connectivity index (χ1) is 12.8. The van der Waals surface area contributed by atoms with Gasteiger partial charge >= 0.3 is 5.97 Å². The fourth-order valence-electron chi connectivity index (χ4n) is 1.84. The molecule has 0 saturated heterocycles. The number of thiophene rings is 1. The Morgan fingerprint density at radius 3 is 2.44 bits per heavy atom. The highest BCUT2D eigenvalue weighted by atomic mass is 32.2. The molecule has 0 unspecified atom stereocenters. The van der Waals surface area contributed by atoms with Crippen LogP contribution in [0, 0.1) is 12.3 Å². The Labute approximate surface area is 159 Å². The zero-order valence-corrected chi connectivity index (χ0v) is 15.4. The number of sulfonamides is 1. The summed E-state index contributed by atoms with van der Waals surface area (Å²) >= 11 is 1.17. The lowest BCUT2D eigenvalue weighted by Gasteiger charge is -2.07. The number of nitrogens with one attached hydrogen (secondary N) is 2. The number of hydrogen-bond donors (Lipinski definition) is 2. The van der Waals surface area contributed by atoms with Crippen LogP contribution in [0.1, 0.15) is 20.0 Å². The predicted octanol–water partition coefficient (Wildman–Crippen LogP) is 0.773. The van der Waals surface area contributed by atoms with E-state index in [0.717, 1.165) is 0 Å². The summed E-state index contributed by atoms with van der Waals surface area (Å²) in [6.45, 7) is -0.814. The molecule has 8 nitrogen and oxygen atoms in total. The first kappa shape index (κ1) is 20.3. The zero-order chi connectivity index (χ0) is 19.9. The molecule has 2 amide bonds. The van der Waals surface area contributed by atoms with Crippen LogP contribution in [0.2, 0.25) is 0 Å². The van der Waals surface area contributed by atoms with Crippen LogP contribution in [-0.4, -0.2) is 39.4 Å². The lowest BCUT2D eigenvalue weighted by molar-refractivity contribution is -0.123. The quantitative estimate of drug-likeness (QED) is 0.518. The van der Waals surface area contributed by atoms with E-state index in [-0.39, 0.29) is 17.0 Å². The Morgan fingerprint density at radius 2 is 1.85 bits per heavy atom. The number of carbonyl (C=O) groups is 3. The number of hydrogen-bond acceptors (Lipinski definition) is 7. The van der Waals surface area contributed by atoms with E-state index in [1.165, 1.54) is 35.6 Å². The maximum atomic E-state index is 11.9. The van der Waals surface area contributed by atoms with Crippen LogP contribution < -0.4 is 10.0 Å². The van der Waals surface area contributed by atoms with Gasteiger partial charge in [0.15, 0.2) is 6.61 Å². The van der Waals surface area contributed by atoms with Crippen LogP contribution in [-0.2, 0) is 19.6 Å². The summed E-state index contributed by atoms with van der Waals surface area (Å²) in [5.74, 6) is -0.0530. The van der Waals surface area contributed by atoms with Crippen LogP contribution in [0.15, 0.2) is 46.7 Å². The van der Waals surface area contributed by atoms with E-state index < -0.39 is 34.4 Å². The molecule has 0 bridgehead atoms. The molecule has 0 saturated carbocycles. The lowest BCUT2D eigenvalue weighted by atomic mass is 10.2. The number of esters is 1. The zero-order valence-electron chi connectivity index (χ0n) is 13.8. The third-order valence-electron chi connectivity index (χ3n) is 3.10. The Hall–Kier alpha value is -3.00. The van der Waals surface area contributed by atoms with E-state index in [0.29, 0.717) is 4.88 Å². The van der Waals surface area contributed by atoms with Crippen molar-refractivity contribution in [2.24, 2.45) is 0 Å². The summed E-state index contributed by atoms with van der Waals surface area (Å²) in [7, 11) is -3.77. The second-order valence-electron chi connectivity index (χ2n) is 4.98. The summed E-state index contributed by atoms with van der Waals surface area (Å²) < 4.78 is 30.7. The number of amides is 2. The second-order valence-corrected chi connectivity index (χ2v) is 7.70. The Kier molecular flexibility index (Phi) is 6.84. The molecule has 0 aliphatic carbocycles. The third kappa shape index (κ3) is 5.75. The SMILES string of the molecule is C#CCNS(=O)(=O)c1ccc(C(=O)OCC(=O)NC(=O)c2cccs2)cc1. The topological polar surface area (TPSA) is 119 Å². The van der Waals surface area contributed by atoms with Crippen LogP contribution in [0.4, 0.5) is 0 Å². The number of benzene rings is 1. The average molecular weight is 406 g/mol. The number of imide groups is 1. The summed E-state index contributed by atoms with van der Waals surface area (Å²) in [6.07, 6.45) is 5.00. The van der Waals surface area contributed by atoms with Crippen molar-refractivity contribution in [3.05, 3.63) is 52.2 Å². The Balaban J connectivity index is 1.90. The van der Waals surface area contributed by atoms with Crippen LogP contribution >= 0.6 is 11.3 Å². The molecule has 0 radical (unpaired) electrons. The van der Waals surface area contributed by atoms with Gasteiger partial charge in [0.05, 0.1) is 21.9 Å². The van der Waals surface area contributed by atoms with Crippen LogP contribution in [0.25, 0.3) is 0 Å². The van der Waals surface area contributed by atoms with Crippen molar-refractivity contribution in [1.82, 2.24) is 10.0 Å². The highest BCUT2D eigenvalue weighted by Gasteiger charge is 2.16. The summed E-state index contributed by atoms with van der Waals surface area (Å²) in [6, 6.07) is 8.10. The Morgan fingerprint density at radius 1 is 1.15 bits per heavy atom. The second kappa shape index (κ2) is 9.09. The first-order valence-corrected chi connectivity index (χ1v) is 9.78. The number of rotatable bonds is 7. The van der Waals surface area contributed by atoms with Gasteiger partial charge in [0, 0.05) is 0 Å². The average Bonchev–Trinajstić information content (AvgIpc) is 3.19. The van der Waals surface area contributed by atoms with Gasteiger partial charge in [-0.3, -0.25) is 14.9 Å². The molecular formula is C17H14N2O6S2. The molecule has 1 aromatic carbocycles. The number of carbonyl (C=O) groups excluding carboxylic acids is 3. The van der Waals surface area contributed by atoms with Crippen molar-refractivity contribution in [2.45, 2.75) is 4.90 Å². The maximum Gasteiger partial charge on any atom is 0.338 e. The standard InChI is InChI=1S/C17H14N2O6S2/c1-2-9-18-27(23,24)13-7-5-12(6-8-13)17(22)25-11-15(20)19-16(21)14-4-3-10-26-14/h1,3-8,10,18H,9,11H2,(H,19,20,21). The molecule has 0 fully saturated rings. The highest BCUT2D eigenvalue weighted by Crippen LogP contribution is 2.11. The molecule has 2 aromatic rings. The van der Waals surface area contributed by atoms with Gasteiger partial charge in [-0.1, -0.05) is 12.0 Å². The molecule has 0 spiro atoms. The van der Waals surface area contributed by atoms with Crippen molar-refractivity contribution >= 4 is 39.1 Å². The molecule has 27 heavy (non-hydrogen) atoms. The number of ether oxygens (including phenoxy) is 1. The summed E-state index contributed by atoms with van der Waals surface area (Å²) in [4.78, 5) is 35.6. The van der Waals surface area contributed by atoms with Gasteiger partial charge in [0.25, 0.3) is 11.8 Å². The fourth-order valence-corrected chi connectivity index (χ4v) is 3.39. The normalized spacial score (nSPS) is 10.6. The van der Waals surface area contributed by atoms with Crippen molar-refractivity contribution in [2.75, 3.05) is 13.2 Å². The van der Waals surface area contributed by atoms with Crippen molar-refractivity contribution in [1.29, 1.82) is 0 Å². The van der Waals surface area contributed by atoms with Crippen LogP contribution in [0.3, 0.4) is 0 Å².